The van der Waals surface area contributed by atoms with Crippen molar-refractivity contribution in [3.8, 4) is 0 Å². The highest BCUT2D eigenvalue weighted by molar-refractivity contribution is 7.99. The van der Waals surface area contributed by atoms with Crippen LogP contribution in [-0.2, 0) is 11.3 Å². The minimum atomic E-state index is -0.167. The van der Waals surface area contributed by atoms with Crippen LogP contribution in [0.15, 0.2) is 52.4 Å². The first-order valence-electron chi connectivity index (χ1n) is 9.18. The lowest BCUT2D eigenvalue weighted by Crippen LogP contribution is -2.24. The van der Waals surface area contributed by atoms with Crippen molar-refractivity contribution < 1.29 is 4.79 Å². The third kappa shape index (κ3) is 4.56. The standard InChI is InChI=1S/C21H22ClN3O2S/c1-3-4-12-25-20(27)15-8-5-6-10-18(15)24-21(25)28-13-19(26)23-17-11-7-9-16(22)14(17)2/h5-11H,3-4,12-13H2,1-2H3,(H,23,26). The molecule has 0 aliphatic carbocycles. The van der Waals surface area contributed by atoms with E-state index in [0.29, 0.717) is 33.3 Å². The number of para-hydroxylation sites is 1. The van der Waals surface area contributed by atoms with E-state index in [1.54, 1.807) is 22.8 Å². The van der Waals surface area contributed by atoms with Crippen LogP contribution in [0.2, 0.25) is 5.02 Å². The topological polar surface area (TPSA) is 64.0 Å². The zero-order chi connectivity index (χ0) is 20.1. The summed E-state index contributed by atoms with van der Waals surface area (Å²) in [5.74, 6) is -0.0112. The largest absolute Gasteiger partial charge is 0.325 e. The molecule has 0 atom stereocenters. The fraction of sp³-hybridized carbons (Fsp3) is 0.286. The molecule has 0 unspecified atom stereocenters. The monoisotopic (exact) mass is 415 g/mol. The number of carbonyl (C=O) groups is 1. The third-order valence-corrected chi connectivity index (χ3v) is 5.82. The number of nitrogens with one attached hydrogen (secondary N) is 1. The van der Waals surface area contributed by atoms with E-state index in [1.807, 2.05) is 31.2 Å². The molecule has 3 aromatic rings. The van der Waals surface area contributed by atoms with Gasteiger partial charge < -0.3 is 5.32 Å². The number of unbranched alkanes of at least 4 members (excludes halogenated alkanes) is 1. The fourth-order valence-corrected chi connectivity index (χ4v) is 3.83. The number of nitrogens with zero attached hydrogens (tertiary/aromatic N) is 2. The maximum atomic E-state index is 12.9. The summed E-state index contributed by atoms with van der Waals surface area (Å²) in [6.45, 7) is 4.52. The number of hydrogen-bond donors (Lipinski definition) is 1. The first-order valence-corrected chi connectivity index (χ1v) is 10.5. The maximum absolute atomic E-state index is 12.9. The van der Waals surface area contributed by atoms with E-state index in [9.17, 15) is 9.59 Å². The average Bonchev–Trinajstić information content (AvgIpc) is 2.69. The summed E-state index contributed by atoms with van der Waals surface area (Å²) >= 11 is 7.38. The molecule has 0 fully saturated rings. The molecular weight excluding hydrogens is 394 g/mol. The molecule has 0 saturated carbocycles. The summed E-state index contributed by atoms with van der Waals surface area (Å²) in [7, 11) is 0. The molecule has 0 aliphatic rings. The Morgan fingerprint density at radius 2 is 2.00 bits per heavy atom. The average molecular weight is 416 g/mol. The highest BCUT2D eigenvalue weighted by Gasteiger charge is 2.14. The van der Waals surface area contributed by atoms with Gasteiger partial charge in [-0.1, -0.05) is 54.9 Å². The molecule has 1 heterocycles. The van der Waals surface area contributed by atoms with Gasteiger partial charge in [-0.05, 0) is 43.2 Å². The molecule has 0 bridgehead atoms. The first kappa shape index (κ1) is 20.4. The van der Waals surface area contributed by atoms with Gasteiger partial charge in [-0.2, -0.15) is 0 Å². The Morgan fingerprint density at radius 3 is 2.79 bits per heavy atom. The van der Waals surface area contributed by atoms with E-state index in [-0.39, 0.29) is 17.2 Å². The summed E-state index contributed by atoms with van der Waals surface area (Å²) < 4.78 is 1.68. The number of amides is 1. The number of anilines is 1. The highest BCUT2D eigenvalue weighted by atomic mass is 35.5. The van der Waals surface area contributed by atoms with Crippen molar-refractivity contribution in [2.45, 2.75) is 38.4 Å². The molecule has 3 rings (SSSR count). The predicted molar refractivity (Wildman–Crippen MR) is 116 cm³/mol. The lowest BCUT2D eigenvalue weighted by Gasteiger charge is -2.13. The van der Waals surface area contributed by atoms with Crippen molar-refractivity contribution in [2.75, 3.05) is 11.1 Å². The molecular formula is C21H22ClN3O2S. The van der Waals surface area contributed by atoms with Crippen molar-refractivity contribution >= 4 is 45.9 Å². The number of rotatable bonds is 7. The molecule has 0 aliphatic heterocycles. The van der Waals surface area contributed by atoms with Crippen LogP contribution >= 0.6 is 23.4 Å². The van der Waals surface area contributed by atoms with Gasteiger partial charge in [0.15, 0.2) is 5.16 Å². The second-order valence-corrected chi connectivity index (χ2v) is 7.82. The van der Waals surface area contributed by atoms with E-state index in [4.69, 9.17) is 11.6 Å². The molecule has 1 amide bonds. The first-order chi connectivity index (χ1) is 13.5. The van der Waals surface area contributed by atoms with Crippen LogP contribution in [0.5, 0.6) is 0 Å². The Bertz CT molecular complexity index is 1070. The third-order valence-electron chi connectivity index (χ3n) is 4.44. The van der Waals surface area contributed by atoms with Crippen LogP contribution in [0.25, 0.3) is 10.9 Å². The van der Waals surface area contributed by atoms with Gasteiger partial charge in [-0.25, -0.2) is 4.98 Å². The zero-order valence-electron chi connectivity index (χ0n) is 15.9. The van der Waals surface area contributed by atoms with E-state index >= 15 is 0 Å². The number of aromatic nitrogens is 2. The van der Waals surface area contributed by atoms with E-state index in [0.717, 1.165) is 18.4 Å². The lowest BCUT2D eigenvalue weighted by molar-refractivity contribution is -0.113. The number of benzene rings is 2. The number of carbonyl (C=O) groups excluding carboxylic acids is 1. The van der Waals surface area contributed by atoms with Crippen LogP contribution in [0.4, 0.5) is 5.69 Å². The SMILES string of the molecule is CCCCn1c(SCC(=O)Nc2cccc(Cl)c2C)nc2ccccc2c1=O. The van der Waals surface area contributed by atoms with E-state index < -0.39 is 0 Å². The Hall–Kier alpha value is -2.31. The zero-order valence-corrected chi connectivity index (χ0v) is 17.4. The van der Waals surface area contributed by atoms with E-state index in [1.165, 1.54) is 11.8 Å². The predicted octanol–water partition coefficient (Wildman–Crippen LogP) is 4.89. The molecule has 1 N–H and O–H groups in total. The summed E-state index contributed by atoms with van der Waals surface area (Å²) in [6, 6.07) is 12.7. The maximum Gasteiger partial charge on any atom is 0.262 e. The molecule has 7 heteroatoms. The van der Waals surface area contributed by atoms with Crippen LogP contribution in [0.1, 0.15) is 25.3 Å². The quantitative estimate of drug-likeness (QED) is 0.440. The van der Waals surface area contributed by atoms with Crippen LogP contribution in [0.3, 0.4) is 0 Å². The normalized spacial score (nSPS) is 11.0. The minimum absolute atomic E-state index is 0.0624. The van der Waals surface area contributed by atoms with Gasteiger partial charge in [0.1, 0.15) is 0 Å². The second-order valence-electron chi connectivity index (χ2n) is 6.47. The van der Waals surface area contributed by atoms with Gasteiger partial charge in [0, 0.05) is 17.3 Å². The van der Waals surface area contributed by atoms with Crippen molar-refractivity contribution in [1.82, 2.24) is 9.55 Å². The van der Waals surface area contributed by atoms with Crippen LogP contribution in [0, 0.1) is 6.92 Å². The van der Waals surface area contributed by atoms with Crippen molar-refractivity contribution in [3.05, 3.63) is 63.4 Å². The molecule has 28 heavy (non-hydrogen) atoms. The Kier molecular flexibility index (Phi) is 6.75. The number of hydrogen-bond acceptors (Lipinski definition) is 4. The van der Waals surface area contributed by atoms with Crippen LogP contribution in [-0.4, -0.2) is 21.2 Å². The summed E-state index contributed by atoms with van der Waals surface area (Å²) in [6.07, 6.45) is 1.85. The smallest absolute Gasteiger partial charge is 0.262 e. The highest BCUT2D eigenvalue weighted by Crippen LogP contribution is 2.24. The summed E-state index contributed by atoms with van der Waals surface area (Å²) in [4.78, 5) is 29.9. The molecule has 0 spiro atoms. The van der Waals surface area contributed by atoms with Gasteiger partial charge in [0.05, 0.1) is 16.7 Å². The fourth-order valence-electron chi connectivity index (χ4n) is 2.83. The summed E-state index contributed by atoms with van der Waals surface area (Å²) in [5.41, 5.74) is 2.10. The minimum Gasteiger partial charge on any atom is -0.325 e. The number of fused-ring (bicyclic) bond motifs is 1. The summed E-state index contributed by atoms with van der Waals surface area (Å²) in [5, 5.41) is 4.65. The van der Waals surface area contributed by atoms with Gasteiger partial charge in [-0.15, -0.1) is 0 Å². The molecule has 1 aromatic heterocycles. The number of halogens is 1. The van der Waals surface area contributed by atoms with E-state index in [2.05, 4.69) is 17.2 Å². The Labute approximate surface area is 173 Å². The van der Waals surface area contributed by atoms with Crippen molar-refractivity contribution in [3.63, 3.8) is 0 Å². The number of thioether (sulfide) groups is 1. The van der Waals surface area contributed by atoms with Gasteiger partial charge in [0.2, 0.25) is 5.91 Å². The van der Waals surface area contributed by atoms with Crippen LogP contribution < -0.4 is 10.9 Å². The molecule has 0 radical (unpaired) electrons. The van der Waals surface area contributed by atoms with Gasteiger partial charge in [0.25, 0.3) is 5.56 Å². The Balaban J connectivity index is 1.81. The lowest BCUT2D eigenvalue weighted by atomic mass is 10.2. The molecule has 5 nitrogen and oxygen atoms in total. The molecule has 0 saturated heterocycles. The second kappa shape index (κ2) is 9.26. The molecule has 2 aromatic carbocycles. The Morgan fingerprint density at radius 1 is 1.21 bits per heavy atom. The van der Waals surface area contributed by atoms with Crippen molar-refractivity contribution in [1.29, 1.82) is 0 Å². The van der Waals surface area contributed by atoms with Crippen molar-refractivity contribution in [2.24, 2.45) is 0 Å². The van der Waals surface area contributed by atoms with Gasteiger partial charge in [-0.3, -0.25) is 14.2 Å². The van der Waals surface area contributed by atoms with Gasteiger partial charge >= 0.3 is 0 Å². The molecule has 146 valence electrons.